The third kappa shape index (κ3) is 11.0. The van der Waals surface area contributed by atoms with Crippen molar-refractivity contribution < 1.29 is 45.1 Å². The second-order valence-corrected chi connectivity index (χ2v) is 12.9. The zero-order valence-corrected chi connectivity index (χ0v) is 30.8. The van der Waals surface area contributed by atoms with Crippen LogP contribution in [0.4, 0.5) is 5.69 Å². The minimum absolute atomic E-state index is 0. The summed E-state index contributed by atoms with van der Waals surface area (Å²) in [5, 5.41) is 2.83. The first-order valence-corrected chi connectivity index (χ1v) is 17.5. The molecule has 2 aromatic rings. The number of nitrogens with one attached hydrogen (secondary N) is 1. The van der Waals surface area contributed by atoms with Gasteiger partial charge in [0.25, 0.3) is 5.91 Å². The number of methoxy groups -OCH3 is 1. The summed E-state index contributed by atoms with van der Waals surface area (Å²) in [6.07, 6.45) is 4.60. The minimum Gasteiger partial charge on any atom is -0.494 e. The molecule has 2 saturated heterocycles. The Morgan fingerprint density at radius 3 is 2.22 bits per heavy atom. The van der Waals surface area contributed by atoms with E-state index in [4.69, 9.17) is 14.2 Å². The van der Waals surface area contributed by atoms with Gasteiger partial charge < -0.3 is 57.0 Å². The molecule has 5 rings (SSSR count). The van der Waals surface area contributed by atoms with E-state index in [0.717, 1.165) is 87.5 Å². The number of carbonyl (C=O) groups is 3. The molecule has 11 heteroatoms. The molecule has 280 valence electrons. The molecule has 2 heterocycles. The maximum Gasteiger partial charge on any atom is 0.338 e. The van der Waals surface area contributed by atoms with E-state index < -0.39 is 0 Å². The second-order valence-electron chi connectivity index (χ2n) is 12.9. The Morgan fingerprint density at radius 2 is 1.68 bits per heavy atom. The molecule has 0 radical (unpaired) electrons. The Balaban J connectivity index is 0.000000766. The zero-order chi connectivity index (χ0) is 35.4. The van der Waals surface area contributed by atoms with E-state index in [1.54, 1.807) is 12.1 Å². The smallest absolute Gasteiger partial charge is 0.338 e. The van der Waals surface area contributed by atoms with Crippen LogP contribution in [0, 0.1) is 33.1 Å². The predicted octanol–water partition coefficient (Wildman–Crippen LogP) is 5.14. The van der Waals surface area contributed by atoms with E-state index in [-0.39, 0.29) is 39.7 Å². The average Bonchev–Trinajstić information content (AvgIpc) is 3.92. The largest absolute Gasteiger partial charge is 0.494 e. The first-order chi connectivity index (χ1) is 23.7. The van der Waals surface area contributed by atoms with Gasteiger partial charge in [0.1, 0.15) is 5.75 Å². The summed E-state index contributed by atoms with van der Waals surface area (Å²) in [4.78, 5) is 44.4. The van der Waals surface area contributed by atoms with Gasteiger partial charge in [0.2, 0.25) is 5.91 Å². The third-order valence-corrected chi connectivity index (χ3v) is 9.65. The van der Waals surface area contributed by atoms with Crippen molar-refractivity contribution in [2.45, 2.75) is 51.5 Å². The molecule has 2 aliphatic heterocycles. The van der Waals surface area contributed by atoms with Gasteiger partial charge in [-0.2, -0.15) is 0 Å². The fourth-order valence-corrected chi connectivity index (χ4v) is 6.54. The van der Waals surface area contributed by atoms with E-state index in [1.807, 2.05) is 34.9 Å². The molecule has 3 aliphatic rings. The summed E-state index contributed by atoms with van der Waals surface area (Å²) in [7, 11) is 1.42. The summed E-state index contributed by atoms with van der Waals surface area (Å²) in [6, 6.07) is 11.3. The van der Waals surface area contributed by atoms with Gasteiger partial charge in [0.15, 0.2) is 0 Å². The molecule has 10 nitrogen and oxygen atoms in total. The van der Waals surface area contributed by atoms with E-state index >= 15 is 0 Å². The Morgan fingerprint density at radius 1 is 1.02 bits per heavy atom. The van der Waals surface area contributed by atoms with Crippen molar-refractivity contribution >= 4 is 23.5 Å². The SMILES string of the molecule is [CH2-]CN(C[CH2-])C[CH2-].[CH2-]COCCNC(=O)c1ccc(N2CC3(CCN(Cc4cc(C5CC5)c(C(=O)OC)cc4OCC)CC3)CC2=O)cc1.[Ni]. The Labute approximate surface area is 309 Å². The van der Waals surface area contributed by atoms with Crippen LogP contribution in [0.2, 0.25) is 0 Å². The first kappa shape index (κ1) is 41.4. The number of nitrogens with zero attached hydrogens (tertiary/aromatic N) is 3. The topological polar surface area (TPSA) is 101 Å². The van der Waals surface area contributed by atoms with Crippen molar-refractivity contribution in [3.8, 4) is 5.75 Å². The van der Waals surface area contributed by atoms with E-state index in [1.165, 1.54) is 7.11 Å². The molecular weight excluding hydrogens is 679 g/mol. The number of likely N-dealkylation sites (tertiary alicyclic amines) is 1. The molecule has 3 fully saturated rings. The first-order valence-electron chi connectivity index (χ1n) is 17.5. The molecule has 1 saturated carbocycles. The van der Waals surface area contributed by atoms with Gasteiger partial charge in [0, 0.05) is 59.4 Å². The molecular formula is C39H54N4NiO6-4. The van der Waals surface area contributed by atoms with Crippen molar-refractivity contribution in [1.29, 1.82) is 0 Å². The van der Waals surface area contributed by atoms with E-state index in [9.17, 15) is 14.4 Å². The molecule has 2 aromatic carbocycles. The number of piperidine rings is 1. The molecule has 1 N–H and O–H groups in total. The van der Waals surface area contributed by atoms with E-state index in [2.05, 4.69) is 44.0 Å². The van der Waals surface area contributed by atoms with E-state index in [0.29, 0.717) is 56.4 Å². The average molecular weight is 734 g/mol. The van der Waals surface area contributed by atoms with Crippen LogP contribution in [0.1, 0.15) is 76.8 Å². The standard InChI is InChI=1S/C33H42N3O6.C6H12N.Ni/c1-4-41-17-14-34-31(38)24-8-10-26(11-9-24)36-22-33(20-30(36)37)12-15-35(16-13-33)21-25-18-27(23-6-7-23)28(32(39)40-3)19-29(25)42-5-2;1-4-7(5-2)6-3;/h8-11,18-19,23H,1,4-7,12-17,20-22H2,2-3H3,(H,34,38);1-6H2;/q-1;-3;. The second kappa shape index (κ2) is 20.2. The van der Waals surface area contributed by atoms with Crippen LogP contribution in [0.25, 0.3) is 0 Å². The predicted molar refractivity (Wildman–Crippen MR) is 192 cm³/mol. The molecule has 1 aliphatic carbocycles. The summed E-state index contributed by atoms with van der Waals surface area (Å²) in [5.74, 6) is 0.816. The fraction of sp³-hybridized carbons (Fsp3) is 0.513. The van der Waals surface area contributed by atoms with Gasteiger partial charge in [-0.15, -0.1) is 19.6 Å². The number of ether oxygens (including phenoxy) is 3. The van der Waals surface area contributed by atoms with Gasteiger partial charge in [-0.1, -0.05) is 6.61 Å². The monoisotopic (exact) mass is 732 g/mol. The number of rotatable bonds is 15. The van der Waals surface area contributed by atoms with Crippen LogP contribution < -0.4 is 15.0 Å². The van der Waals surface area contributed by atoms with Gasteiger partial charge in [-0.25, -0.2) is 4.79 Å². The van der Waals surface area contributed by atoms with Crippen LogP contribution in [0.15, 0.2) is 36.4 Å². The van der Waals surface area contributed by atoms with Crippen molar-refractivity contribution in [2.75, 3.05) is 77.6 Å². The fourth-order valence-electron chi connectivity index (χ4n) is 6.54. The van der Waals surface area contributed by atoms with Crippen LogP contribution in [-0.4, -0.2) is 100 Å². The molecule has 50 heavy (non-hydrogen) atoms. The van der Waals surface area contributed by atoms with Crippen molar-refractivity contribution in [3.05, 3.63) is 86.3 Å². The normalized spacial score (nSPS) is 16.9. The molecule has 1 spiro atoms. The molecule has 0 atom stereocenters. The van der Waals surface area contributed by atoms with Crippen molar-refractivity contribution in [1.82, 2.24) is 15.1 Å². The maximum atomic E-state index is 13.1. The quantitative estimate of drug-likeness (QED) is 0.116. The molecule has 0 unspecified atom stereocenters. The summed E-state index contributed by atoms with van der Waals surface area (Å²) in [5.41, 5.74) is 4.12. The van der Waals surface area contributed by atoms with Gasteiger partial charge in [-0.3, -0.25) is 14.5 Å². The number of hydrogen-bond donors (Lipinski definition) is 1. The van der Waals surface area contributed by atoms with Gasteiger partial charge >= 0.3 is 5.97 Å². The number of benzene rings is 2. The Bertz CT molecular complexity index is 1380. The van der Waals surface area contributed by atoms with Crippen LogP contribution in [0.3, 0.4) is 0 Å². The number of anilines is 1. The van der Waals surface area contributed by atoms with Crippen molar-refractivity contribution in [3.63, 3.8) is 0 Å². The Hall–Kier alpha value is -2.98. The molecule has 2 amide bonds. The Kier molecular flexibility index (Phi) is 16.7. The summed E-state index contributed by atoms with van der Waals surface area (Å²) in [6.45, 7) is 24.0. The summed E-state index contributed by atoms with van der Waals surface area (Å²) < 4.78 is 16.2. The van der Waals surface area contributed by atoms with Gasteiger partial charge in [0.05, 0.1) is 25.9 Å². The van der Waals surface area contributed by atoms with Crippen LogP contribution in [0.5, 0.6) is 5.75 Å². The summed E-state index contributed by atoms with van der Waals surface area (Å²) >= 11 is 0. The number of esters is 1. The third-order valence-electron chi connectivity index (χ3n) is 9.65. The van der Waals surface area contributed by atoms with Gasteiger partial charge in [-0.05, 0) is 99.0 Å². The minimum atomic E-state index is -0.312. The maximum absolute atomic E-state index is 13.1. The zero-order valence-electron chi connectivity index (χ0n) is 29.8. The molecule has 0 aromatic heterocycles. The number of hydrogen-bond acceptors (Lipinski definition) is 8. The molecule has 0 bridgehead atoms. The number of amides is 2. The van der Waals surface area contributed by atoms with Crippen LogP contribution in [-0.2, 0) is 37.3 Å². The van der Waals surface area contributed by atoms with Crippen LogP contribution >= 0.6 is 0 Å². The van der Waals surface area contributed by atoms with Crippen molar-refractivity contribution in [2.24, 2.45) is 5.41 Å². The number of carbonyl (C=O) groups excluding carboxylic acids is 3.